The molecule has 3 rings (SSSR count). The number of anilines is 1. The van der Waals surface area contributed by atoms with Crippen LogP contribution in [0.15, 0.2) is 72.8 Å². The normalized spacial score (nSPS) is 12.0. The summed E-state index contributed by atoms with van der Waals surface area (Å²) in [6, 6.07) is 20.2. The SMILES string of the molecule is CCNC(=O)C(Cc1ccccc1)N(Cc1c(Cl)cccc1Cl)C(=O)CN(c1cccc(C)c1)S(C)(=O)=O. The predicted octanol–water partition coefficient (Wildman–Crippen LogP) is 4.84. The third-order valence-corrected chi connectivity index (χ3v) is 7.83. The number of halogens is 2. The second-order valence-electron chi connectivity index (χ2n) is 8.93. The van der Waals surface area contributed by atoms with E-state index in [9.17, 15) is 18.0 Å². The zero-order chi connectivity index (χ0) is 27.9. The fourth-order valence-electron chi connectivity index (χ4n) is 4.10. The first-order valence-corrected chi connectivity index (χ1v) is 14.7. The quantitative estimate of drug-likeness (QED) is 0.354. The maximum Gasteiger partial charge on any atom is 0.244 e. The van der Waals surface area contributed by atoms with Crippen LogP contribution in [-0.4, -0.2) is 50.5 Å². The highest BCUT2D eigenvalue weighted by Crippen LogP contribution is 2.28. The number of likely N-dealkylation sites (N-methyl/N-ethyl adjacent to an activating group) is 1. The number of amides is 2. The monoisotopic (exact) mass is 575 g/mol. The van der Waals surface area contributed by atoms with Crippen LogP contribution in [0.1, 0.15) is 23.6 Å². The van der Waals surface area contributed by atoms with Crippen LogP contribution in [0.2, 0.25) is 10.0 Å². The lowest BCUT2D eigenvalue weighted by Crippen LogP contribution is -2.53. The Bertz CT molecular complexity index is 1360. The molecule has 3 aromatic carbocycles. The molecule has 0 spiro atoms. The largest absolute Gasteiger partial charge is 0.355 e. The zero-order valence-electron chi connectivity index (χ0n) is 21.5. The fraction of sp³-hybridized carbons (Fsp3) is 0.286. The van der Waals surface area contributed by atoms with Gasteiger partial charge in [0, 0.05) is 35.1 Å². The van der Waals surface area contributed by atoms with Gasteiger partial charge in [-0.1, -0.05) is 71.7 Å². The Balaban J connectivity index is 2.09. The lowest BCUT2D eigenvalue weighted by atomic mass is 10.0. The summed E-state index contributed by atoms with van der Waals surface area (Å²) < 4.78 is 26.6. The first-order valence-electron chi connectivity index (χ1n) is 12.1. The Morgan fingerprint density at radius 1 is 0.947 bits per heavy atom. The van der Waals surface area contributed by atoms with Gasteiger partial charge in [0.2, 0.25) is 21.8 Å². The molecule has 0 radical (unpaired) electrons. The second-order valence-corrected chi connectivity index (χ2v) is 11.7. The molecular weight excluding hydrogens is 545 g/mol. The molecule has 1 atom stereocenters. The van der Waals surface area contributed by atoms with Crippen LogP contribution < -0.4 is 9.62 Å². The zero-order valence-corrected chi connectivity index (χ0v) is 23.9. The van der Waals surface area contributed by atoms with Crippen LogP contribution in [0.3, 0.4) is 0 Å². The van der Waals surface area contributed by atoms with E-state index in [0.29, 0.717) is 27.8 Å². The van der Waals surface area contributed by atoms with E-state index in [-0.39, 0.29) is 18.9 Å². The summed E-state index contributed by atoms with van der Waals surface area (Å²) >= 11 is 12.9. The average molecular weight is 577 g/mol. The Kier molecular flexibility index (Phi) is 10.2. The van der Waals surface area contributed by atoms with E-state index in [0.717, 1.165) is 21.7 Å². The number of nitrogens with zero attached hydrogens (tertiary/aromatic N) is 2. The van der Waals surface area contributed by atoms with E-state index < -0.39 is 28.5 Å². The first-order chi connectivity index (χ1) is 18.0. The molecule has 0 fully saturated rings. The van der Waals surface area contributed by atoms with Crippen LogP contribution in [0.25, 0.3) is 0 Å². The Morgan fingerprint density at radius 2 is 1.58 bits per heavy atom. The van der Waals surface area contributed by atoms with Gasteiger partial charge in [-0.2, -0.15) is 0 Å². The van der Waals surface area contributed by atoms with E-state index in [1.54, 1.807) is 43.3 Å². The predicted molar refractivity (Wildman–Crippen MR) is 153 cm³/mol. The van der Waals surface area contributed by atoms with E-state index in [1.807, 2.05) is 43.3 Å². The summed E-state index contributed by atoms with van der Waals surface area (Å²) in [6.45, 7) is 3.39. The van der Waals surface area contributed by atoms with Crippen molar-refractivity contribution in [2.24, 2.45) is 0 Å². The molecule has 1 N–H and O–H groups in total. The topological polar surface area (TPSA) is 86.8 Å². The highest BCUT2D eigenvalue weighted by atomic mass is 35.5. The highest BCUT2D eigenvalue weighted by molar-refractivity contribution is 7.92. The number of aryl methyl sites for hydroxylation is 1. The summed E-state index contributed by atoms with van der Waals surface area (Å²) in [5, 5.41) is 3.48. The number of sulfonamides is 1. The summed E-state index contributed by atoms with van der Waals surface area (Å²) in [5.41, 5.74) is 2.50. The van der Waals surface area contributed by atoms with Gasteiger partial charge < -0.3 is 10.2 Å². The van der Waals surface area contributed by atoms with Crippen LogP contribution in [0.5, 0.6) is 0 Å². The maximum absolute atomic E-state index is 14.0. The molecule has 202 valence electrons. The molecule has 0 heterocycles. The standard InChI is InChI=1S/C28H31Cl2N3O4S/c1-4-31-28(35)26(17-21-11-6-5-7-12-21)32(18-23-24(29)14-9-15-25(23)30)27(34)19-33(38(3,36)37)22-13-8-10-20(2)16-22/h5-16,26H,4,17-19H2,1-3H3,(H,31,35). The van der Waals surface area contributed by atoms with Crippen molar-refractivity contribution in [2.45, 2.75) is 32.9 Å². The molecule has 1 unspecified atom stereocenters. The van der Waals surface area contributed by atoms with Crippen LogP contribution in [-0.2, 0) is 32.6 Å². The van der Waals surface area contributed by atoms with Crippen molar-refractivity contribution in [1.82, 2.24) is 10.2 Å². The lowest BCUT2D eigenvalue weighted by Gasteiger charge is -2.34. The molecule has 10 heteroatoms. The molecule has 2 amide bonds. The van der Waals surface area contributed by atoms with Gasteiger partial charge in [0.25, 0.3) is 0 Å². The number of rotatable bonds is 11. The first kappa shape index (κ1) is 29.5. The summed E-state index contributed by atoms with van der Waals surface area (Å²) in [6.07, 6.45) is 1.26. The van der Waals surface area contributed by atoms with E-state index in [1.165, 1.54) is 4.90 Å². The third kappa shape index (κ3) is 7.72. The van der Waals surface area contributed by atoms with Gasteiger partial charge >= 0.3 is 0 Å². The van der Waals surface area contributed by atoms with E-state index in [4.69, 9.17) is 23.2 Å². The molecule has 3 aromatic rings. The fourth-order valence-corrected chi connectivity index (χ4v) is 5.45. The van der Waals surface area contributed by atoms with Crippen molar-refractivity contribution in [3.05, 3.63) is 99.5 Å². The number of benzene rings is 3. The molecule has 0 aliphatic heterocycles. The lowest BCUT2D eigenvalue weighted by molar-refractivity contribution is -0.140. The van der Waals surface area contributed by atoms with Crippen molar-refractivity contribution in [2.75, 3.05) is 23.7 Å². The van der Waals surface area contributed by atoms with Crippen molar-refractivity contribution >= 4 is 50.7 Å². The van der Waals surface area contributed by atoms with Crippen molar-refractivity contribution in [1.29, 1.82) is 0 Å². The molecule has 0 saturated heterocycles. The smallest absolute Gasteiger partial charge is 0.244 e. The van der Waals surface area contributed by atoms with Gasteiger partial charge in [-0.05, 0) is 49.2 Å². The number of carbonyl (C=O) groups is 2. The van der Waals surface area contributed by atoms with Crippen LogP contribution in [0, 0.1) is 6.92 Å². The van der Waals surface area contributed by atoms with Crippen LogP contribution in [0.4, 0.5) is 5.69 Å². The number of hydrogen-bond donors (Lipinski definition) is 1. The molecular formula is C28H31Cl2N3O4S. The molecule has 0 bridgehead atoms. The Hall–Kier alpha value is -3.07. The van der Waals surface area contributed by atoms with Crippen LogP contribution >= 0.6 is 23.2 Å². The van der Waals surface area contributed by atoms with Gasteiger partial charge in [-0.3, -0.25) is 13.9 Å². The summed E-state index contributed by atoms with van der Waals surface area (Å²) in [7, 11) is -3.83. The van der Waals surface area contributed by atoms with Gasteiger partial charge in [-0.25, -0.2) is 8.42 Å². The Morgan fingerprint density at radius 3 is 2.16 bits per heavy atom. The molecule has 38 heavy (non-hydrogen) atoms. The highest BCUT2D eigenvalue weighted by Gasteiger charge is 2.33. The van der Waals surface area contributed by atoms with Gasteiger partial charge in [0.05, 0.1) is 11.9 Å². The average Bonchev–Trinajstić information content (AvgIpc) is 2.86. The molecule has 0 aromatic heterocycles. The Labute approximate surface area is 234 Å². The number of carbonyl (C=O) groups excluding carboxylic acids is 2. The molecule has 0 aliphatic rings. The minimum absolute atomic E-state index is 0.0859. The van der Waals surface area contributed by atoms with Gasteiger partial charge in [-0.15, -0.1) is 0 Å². The third-order valence-electron chi connectivity index (χ3n) is 5.98. The summed E-state index contributed by atoms with van der Waals surface area (Å²) in [5.74, 6) is -0.936. The van der Waals surface area contributed by atoms with E-state index >= 15 is 0 Å². The van der Waals surface area contributed by atoms with Gasteiger partial charge in [0.1, 0.15) is 12.6 Å². The van der Waals surface area contributed by atoms with Crippen molar-refractivity contribution < 1.29 is 18.0 Å². The summed E-state index contributed by atoms with van der Waals surface area (Å²) in [4.78, 5) is 28.7. The van der Waals surface area contributed by atoms with E-state index in [2.05, 4.69) is 5.32 Å². The maximum atomic E-state index is 14.0. The van der Waals surface area contributed by atoms with Crippen molar-refractivity contribution in [3.63, 3.8) is 0 Å². The molecule has 0 saturated carbocycles. The minimum atomic E-state index is -3.83. The number of nitrogens with one attached hydrogen (secondary N) is 1. The number of hydrogen-bond acceptors (Lipinski definition) is 4. The minimum Gasteiger partial charge on any atom is -0.355 e. The van der Waals surface area contributed by atoms with Gasteiger partial charge in [0.15, 0.2) is 0 Å². The molecule has 7 nitrogen and oxygen atoms in total. The van der Waals surface area contributed by atoms with Crippen molar-refractivity contribution in [3.8, 4) is 0 Å². The second kappa shape index (κ2) is 13.1. The molecule has 0 aliphatic carbocycles.